The Bertz CT molecular complexity index is 992. The molecule has 0 radical (unpaired) electrons. The zero-order valence-electron chi connectivity index (χ0n) is 19.9. The lowest BCUT2D eigenvalue weighted by Crippen LogP contribution is -2.41. The number of methoxy groups -OCH3 is 1. The molecule has 0 saturated carbocycles. The highest BCUT2D eigenvalue weighted by molar-refractivity contribution is 5.99. The van der Waals surface area contributed by atoms with Crippen molar-refractivity contribution in [2.45, 2.75) is 45.6 Å². The standard InChI is InChI=1S/C26H35N3O4/c1-19(2)9-13-28-17-22(25(31)27-12-16-33-3)24(30)23(18-28)26(32)29-14-10-21(11-15-29)20-7-5-4-6-8-20/h4-8,17-19,21H,9-16H2,1-3H3,(H,27,31). The molecule has 0 spiro atoms. The Kier molecular flexibility index (Phi) is 8.83. The van der Waals surface area contributed by atoms with Gasteiger partial charge in [0.25, 0.3) is 11.8 Å². The Morgan fingerprint density at radius 1 is 1.09 bits per heavy atom. The third-order valence-corrected chi connectivity index (χ3v) is 6.16. The van der Waals surface area contributed by atoms with Gasteiger partial charge in [-0.15, -0.1) is 0 Å². The number of aromatic nitrogens is 1. The van der Waals surface area contributed by atoms with Crippen molar-refractivity contribution in [3.05, 3.63) is 69.6 Å². The third-order valence-electron chi connectivity index (χ3n) is 6.16. The normalized spacial score (nSPS) is 14.5. The lowest BCUT2D eigenvalue weighted by atomic mass is 9.89. The summed E-state index contributed by atoms with van der Waals surface area (Å²) >= 11 is 0. The molecule has 33 heavy (non-hydrogen) atoms. The van der Waals surface area contributed by atoms with Crippen LogP contribution in [0.3, 0.4) is 0 Å². The van der Waals surface area contributed by atoms with Gasteiger partial charge < -0.3 is 19.5 Å². The number of benzene rings is 1. The fraction of sp³-hybridized carbons (Fsp3) is 0.500. The molecule has 1 N–H and O–H groups in total. The Balaban J connectivity index is 1.80. The third kappa shape index (κ3) is 6.54. The highest BCUT2D eigenvalue weighted by Crippen LogP contribution is 2.28. The van der Waals surface area contributed by atoms with Crippen LogP contribution in [0.5, 0.6) is 0 Å². The van der Waals surface area contributed by atoms with Crippen LogP contribution in [0.2, 0.25) is 0 Å². The highest BCUT2D eigenvalue weighted by Gasteiger charge is 2.27. The fourth-order valence-corrected chi connectivity index (χ4v) is 4.16. The molecule has 1 aromatic heterocycles. The number of nitrogens with zero attached hydrogens (tertiary/aromatic N) is 2. The van der Waals surface area contributed by atoms with Crippen molar-refractivity contribution >= 4 is 11.8 Å². The summed E-state index contributed by atoms with van der Waals surface area (Å²) in [6, 6.07) is 10.3. The van der Waals surface area contributed by atoms with Crippen LogP contribution in [-0.2, 0) is 11.3 Å². The van der Waals surface area contributed by atoms with Crippen molar-refractivity contribution in [2.75, 3.05) is 33.4 Å². The van der Waals surface area contributed by atoms with Crippen LogP contribution in [0.25, 0.3) is 0 Å². The van der Waals surface area contributed by atoms with Crippen LogP contribution in [0, 0.1) is 5.92 Å². The first kappa shape index (κ1) is 24.7. The van der Waals surface area contributed by atoms with Gasteiger partial charge in [-0.2, -0.15) is 0 Å². The number of piperidine rings is 1. The van der Waals surface area contributed by atoms with E-state index in [-0.39, 0.29) is 17.0 Å². The van der Waals surface area contributed by atoms with E-state index in [0.717, 1.165) is 19.3 Å². The van der Waals surface area contributed by atoms with Crippen molar-refractivity contribution in [3.8, 4) is 0 Å². The van der Waals surface area contributed by atoms with Crippen molar-refractivity contribution in [3.63, 3.8) is 0 Å². The monoisotopic (exact) mass is 453 g/mol. The minimum absolute atomic E-state index is 0.000110. The fourth-order valence-electron chi connectivity index (χ4n) is 4.16. The van der Waals surface area contributed by atoms with E-state index in [2.05, 4.69) is 31.3 Å². The zero-order chi connectivity index (χ0) is 23.8. The largest absolute Gasteiger partial charge is 0.383 e. The number of hydrogen-bond donors (Lipinski definition) is 1. The molecule has 2 amide bonds. The first-order valence-electron chi connectivity index (χ1n) is 11.8. The van der Waals surface area contributed by atoms with Gasteiger partial charge in [0.15, 0.2) is 0 Å². The Morgan fingerprint density at radius 2 is 1.76 bits per heavy atom. The van der Waals surface area contributed by atoms with Crippen LogP contribution in [0.4, 0.5) is 0 Å². The van der Waals surface area contributed by atoms with Crippen LogP contribution in [-0.4, -0.2) is 54.6 Å². The maximum Gasteiger partial charge on any atom is 0.259 e. The second-order valence-electron chi connectivity index (χ2n) is 9.06. The summed E-state index contributed by atoms with van der Waals surface area (Å²) in [5, 5.41) is 2.70. The zero-order valence-corrected chi connectivity index (χ0v) is 19.9. The summed E-state index contributed by atoms with van der Waals surface area (Å²) in [6.45, 7) is 6.69. The van der Waals surface area contributed by atoms with Gasteiger partial charge in [-0.05, 0) is 36.7 Å². The van der Waals surface area contributed by atoms with Gasteiger partial charge in [0, 0.05) is 45.7 Å². The molecule has 178 valence electrons. The van der Waals surface area contributed by atoms with Crippen molar-refractivity contribution < 1.29 is 14.3 Å². The number of carbonyl (C=O) groups is 2. The van der Waals surface area contributed by atoms with Gasteiger partial charge in [-0.1, -0.05) is 44.2 Å². The van der Waals surface area contributed by atoms with Crippen LogP contribution >= 0.6 is 0 Å². The quantitative estimate of drug-likeness (QED) is 0.591. The maximum atomic E-state index is 13.4. The molecule has 1 aliphatic rings. The van der Waals surface area contributed by atoms with E-state index in [9.17, 15) is 14.4 Å². The second-order valence-corrected chi connectivity index (χ2v) is 9.06. The number of pyridine rings is 1. The lowest BCUT2D eigenvalue weighted by molar-refractivity contribution is 0.0710. The highest BCUT2D eigenvalue weighted by atomic mass is 16.5. The molecule has 1 aliphatic heterocycles. The van der Waals surface area contributed by atoms with E-state index < -0.39 is 11.3 Å². The molecule has 2 heterocycles. The van der Waals surface area contributed by atoms with Crippen molar-refractivity contribution in [2.24, 2.45) is 5.92 Å². The molecule has 0 bridgehead atoms. The van der Waals surface area contributed by atoms with E-state index in [1.807, 2.05) is 18.2 Å². The molecule has 3 rings (SSSR count). The number of hydrogen-bond acceptors (Lipinski definition) is 4. The summed E-state index contributed by atoms with van der Waals surface area (Å²) < 4.78 is 6.77. The number of amides is 2. The maximum absolute atomic E-state index is 13.4. The SMILES string of the molecule is COCCNC(=O)c1cn(CCC(C)C)cc(C(=O)N2CCC(c3ccccc3)CC2)c1=O. The number of likely N-dealkylation sites (tertiary alicyclic amines) is 1. The predicted octanol–water partition coefficient (Wildman–Crippen LogP) is 3.29. The molecule has 7 nitrogen and oxygen atoms in total. The summed E-state index contributed by atoms with van der Waals surface area (Å²) in [5.41, 5.74) is 0.840. The molecule has 1 saturated heterocycles. The first-order valence-corrected chi connectivity index (χ1v) is 11.8. The molecule has 2 aromatic rings. The average Bonchev–Trinajstić information content (AvgIpc) is 2.83. The number of carbonyl (C=O) groups excluding carboxylic acids is 2. The summed E-state index contributed by atoms with van der Waals surface area (Å²) in [6.07, 6.45) is 5.76. The van der Waals surface area contributed by atoms with Gasteiger partial charge >= 0.3 is 0 Å². The minimum atomic E-state index is -0.513. The average molecular weight is 454 g/mol. The topological polar surface area (TPSA) is 80.6 Å². The summed E-state index contributed by atoms with van der Waals surface area (Å²) in [5.74, 6) is 0.0968. The number of rotatable bonds is 9. The summed E-state index contributed by atoms with van der Waals surface area (Å²) in [7, 11) is 1.55. The molecule has 1 aromatic carbocycles. The lowest BCUT2D eigenvalue weighted by Gasteiger charge is -2.32. The predicted molar refractivity (Wildman–Crippen MR) is 129 cm³/mol. The van der Waals surface area contributed by atoms with E-state index >= 15 is 0 Å². The molecular formula is C26H35N3O4. The number of nitrogens with one attached hydrogen (secondary N) is 1. The summed E-state index contributed by atoms with van der Waals surface area (Å²) in [4.78, 5) is 40.9. The molecule has 7 heteroatoms. The van der Waals surface area contributed by atoms with Gasteiger partial charge in [0.1, 0.15) is 11.1 Å². The Labute approximate surface area is 195 Å². The Hall–Kier alpha value is -2.93. The molecule has 0 unspecified atom stereocenters. The van der Waals surface area contributed by atoms with Crippen LogP contribution in [0.15, 0.2) is 47.5 Å². The van der Waals surface area contributed by atoms with Crippen molar-refractivity contribution in [1.82, 2.24) is 14.8 Å². The van der Waals surface area contributed by atoms with E-state index in [4.69, 9.17) is 4.74 Å². The van der Waals surface area contributed by atoms with Crippen molar-refractivity contribution in [1.29, 1.82) is 0 Å². The molecule has 0 atom stereocenters. The van der Waals surface area contributed by atoms with Crippen LogP contribution in [0.1, 0.15) is 65.3 Å². The van der Waals surface area contributed by atoms with E-state index in [1.54, 1.807) is 29.0 Å². The first-order chi connectivity index (χ1) is 15.9. The molecular weight excluding hydrogens is 418 g/mol. The Morgan fingerprint density at radius 3 is 2.39 bits per heavy atom. The molecule has 1 fully saturated rings. The van der Waals surface area contributed by atoms with Crippen LogP contribution < -0.4 is 10.7 Å². The van der Waals surface area contributed by atoms with E-state index in [0.29, 0.717) is 44.6 Å². The smallest absolute Gasteiger partial charge is 0.259 e. The second kappa shape index (κ2) is 11.8. The molecule has 0 aliphatic carbocycles. The van der Waals surface area contributed by atoms with Gasteiger partial charge in [0.2, 0.25) is 5.43 Å². The van der Waals surface area contributed by atoms with Gasteiger partial charge in [0.05, 0.1) is 6.61 Å². The van der Waals surface area contributed by atoms with Gasteiger partial charge in [-0.3, -0.25) is 14.4 Å². The number of ether oxygens (including phenoxy) is 1. The van der Waals surface area contributed by atoms with Gasteiger partial charge in [-0.25, -0.2) is 0 Å². The van der Waals surface area contributed by atoms with E-state index in [1.165, 1.54) is 5.56 Å². The number of aryl methyl sites for hydroxylation is 1. The minimum Gasteiger partial charge on any atom is -0.383 e.